The molecule has 0 saturated carbocycles. The molecule has 1 heterocycles. The predicted molar refractivity (Wildman–Crippen MR) is 74.9 cm³/mol. The number of benzene rings is 1. The number of para-hydroxylation sites is 1. The molecule has 2 N–H and O–H groups in total. The van der Waals surface area contributed by atoms with Crippen LogP contribution in [0, 0.1) is 17.0 Å². The summed E-state index contributed by atoms with van der Waals surface area (Å²) in [4.78, 5) is 26.1. The zero-order valence-electron chi connectivity index (χ0n) is 11.2. The maximum Gasteiger partial charge on any atom is 0.311 e. The van der Waals surface area contributed by atoms with Crippen molar-refractivity contribution in [3.63, 3.8) is 0 Å². The van der Waals surface area contributed by atoms with E-state index in [1.807, 2.05) is 13.0 Å². The molecular weight excluding hydrogens is 274 g/mol. The molecule has 0 unspecified atom stereocenters. The SMILES string of the molecule is Cc1cccnc1CNC(=O)c1cccc([N+](=O)[O-])c1O. The van der Waals surface area contributed by atoms with Crippen LogP contribution >= 0.6 is 0 Å². The van der Waals surface area contributed by atoms with Crippen molar-refractivity contribution >= 4 is 11.6 Å². The maximum absolute atomic E-state index is 12.0. The Balaban J connectivity index is 2.16. The average Bonchev–Trinajstić information content (AvgIpc) is 2.46. The van der Waals surface area contributed by atoms with Crippen molar-refractivity contribution in [2.24, 2.45) is 0 Å². The molecule has 0 aliphatic heterocycles. The molecule has 0 bridgehead atoms. The van der Waals surface area contributed by atoms with Crippen LogP contribution in [0.15, 0.2) is 36.5 Å². The minimum atomic E-state index is -0.741. The summed E-state index contributed by atoms with van der Waals surface area (Å²) in [5.74, 6) is -1.24. The van der Waals surface area contributed by atoms with Crippen LogP contribution in [0.5, 0.6) is 5.75 Å². The third-order valence-corrected chi connectivity index (χ3v) is 2.99. The third-order valence-electron chi connectivity index (χ3n) is 2.99. The van der Waals surface area contributed by atoms with Crippen LogP contribution in [0.2, 0.25) is 0 Å². The number of nitro benzene ring substituents is 1. The number of aryl methyl sites for hydroxylation is 1. The summed E-state index contributed by atoms with van der Waals surface area (Å²) in [6.07, 6.45) is 1.61. The summed E-state index contributed by atoms with van der Waals surface area (Å²) in [5.41, 5.74) is 0.964. The summed E-state index contributed by atoms with van der Waals surface area (Å²) in [6.45, 7) is 2.03. The van der Waals surface area contributed by atoms with Gasteiger partial charge in [-0.25, -0.2) is 0 Å². The second kappa shape index (κ2) is 6.00. The van der Waals surface area contributed by atoms with Crippen molar-refractivity contribution in [2.45, 2.75) is 13.5 Å². The highest BCUT2D eigenvalue weighted by molar-refractivity contribution is 5.98. The van der Waals surface area contributed by atoms with Crippen LogP contribution in [-0.2, 0) is 6.54 Å². The standard InChI is InChI=1S/C14H13N3O4/c1-9-4-3-7-15-11(9)8-16-14(19)10-5-2-6-12(13(10)18)17(20)21/h2-7,18H,8H2,1H3,(H,16,19). The molecule has 0 saturated heterocycles. The van der Waals surface area contributed by atoms with Crippen molar-refractivity contribution in [3.05, 3.63) is 63.5 Å². The summed E-state index contributed by atoms with van der Waals surface area (Å²) in [7, 11) is 0. The average molecular weight is 287 g/mol. The van der Waals surface area contributed by atoms with Gasteiger partial charge in [0, 0.05) is 12.3 Å². The lowest BCUT2D eigenvalue weighted by Gasteiger charge is -2.08. The normalized spacial score (nSPS) is 10.1. The van der Waals surface area contributed by atoms with Gasteiger partial charge >= 0.3 is 5.69 Å². The highest BCUT2D eigenvalue weighted by atomic mass is 16.6. The largest absolute Gasteiger partial charge is 0.502 e. The summed E-state index contributed by atoms with van der Waals surface area (Å²) >= 11 is 0. The first-order valence-corrected chi connectivity index (χ1v) is 6.15. The Morgan fingerprint density at radius 3 is 2.81 bits per heavy atom. The highest BCUT2D eigenvalue weighted by Crippen LogP contribution is 2.29. The van der Waals surface area contributed by atoms with Crippen LogP contribution in [0.25, 0.3) is 0 Å². The number of nitro groups is 1. The van der Waals surface area contributed by atoms with Crippen molar-refractivity contribution in [3.8, 4) is 5.75 Å². The van der Waals surface area contributed by atoms with Crippen molar-refractivity contribution in [2.75, 3.05) is 0 Å². The lowest BCUT2D eigenvalue weighted by Crippen LogP contribution is -2.24. The molecule has 0 fully saturated rings. The zero-order valence-corrected chi connectivity index (χ0v) is 11.2. The lowest BCUT2D eigenvalue weighted by molar-refractivity contribution is -0.385. The Kier molecular flexibility index (Phi) is 4.13. The molecular formula is C14H13N3O4. The second-order valence-electron chi connectivity index (χ2n) is 4.38. The number of phenols is 1. The molecule has 0 aliphatic rings. The molecule has 0 radical (unpaired) electrons. The minimum Gasteiger partial charge on any atom is -0.502 e. The fraction of sp³-hybridized carbons (Fsp3) is 0.143. The van der Waals surface area contributed by atoms with E-state index < -0.39 is 22.3 Å². The van der Waals surface area contributed by atoms with Crippen LogP contribution in [0.4, 0.5) is 5.69 Å². The van der Waals surface area contributed by atoms with E-state index >= 15 is 0 Å². The minimum absolute atomic E-state index is 0.141. The van der Waals surface area contributed by atoms with Crippen molar-refractivity contribution in [1.29, 1.82) is 0 Å². The van der Waals surface area contributed by atoms with E-state index in [4.69, 9.17) is 0 Å². The fourth-order valence-corrected chi connectivity index (χ4v) is 1.82. The molecule has 0 spiro atoms. The predicted octanol–water partition coefficient (Wildman–Crippen LogP) is 1.93. The molecule has 7 heteroatoms. The number of nitrogens with one attached hydrogen (secondary N) is 1. The lowest BCUT2D eigenvalue weighted by atomic mass is 10.1. The topological polar surface area (TPSA) is 105 Å². The number of carbonyl (C=O) groups is 1. The molecule has 108 valence electrons. The van der Waals surface area contributed by atoms with Crippen LogP contribution < -0.4 is 5.32 Å². The molecule has 1 amide bonds. The van der Waals surface area contributed by atoms with Gasteiger partial charge in [0.25, 0.3) is 5.91 Å². The van der Waals surface area contributed by atoms with E-state index in [0.717, 1.165) is 11.6 Å². The Hall–Kier alpha value is -2.96. The van der Waals surface area contributed by atoms with Gasteiger partial charge in [-0.2, -0.15) is 0 Å². The molecule has 1 aromatic heterocycles. The number of rotatable bonds is 4. The molecule has 1 aromatic carbocycles. The molecule has 21 heavy (non-hydrogen) atoms. The zero-order chi connectivity index (χ0) is 15.4. The van der Waals surface area contributed by atoms with Gasteiger partial charge in [0.05, 0.1) is 22.7 Å². The number of phenolic OH excluding ortho intramolecular Hbond substituents is 1. The van der Waals surface area contributed by atoms with Crippen LogP contribution in [0.3, 0.4) is 0 Å². The molecule has 0 aliphatic carbocycles. The van der Waals surface area contributed by atoms with Gasteiger partial charge in [-0.3, -0.25) is 19.9 Å². The van der Waals surface area contributed by atoms with E-state index in [1.54, 1.807) is 12.3 Å². The van der Waals surface area contributed by atoms with E-state index in [0.29, 0.717) is 5.69 Å². The van der Waals surface area contributed by atoms with E-state index in [9.17, 15) is 20.0 Å². The van der Waals surface area contributed by atoms with Gasteiger partial charge in [0.15, 0.2) is 0 Å². The van der Waals surface area contributed by atoms with Crippen LogP contribution in [0.1, 0.15) is 21.6 Å². The Bertz CT molecular complexity index is 700. The Morgan fingerprint density at radius 2 is 2.14 bits per heavy atom. The number of hydrogen-bond donors (Lipinski definition) is 2. The van der Waals surface area contributed by atoms with E-state index in [1.165, 1.54) is 12.1 Å². The number of hydrogen-bond acceptors (Lipinski definition) is 5. The van der Waals surface area contributed by atoms with Crippen LogP contribution in [-0.4, -0.2) is 20.9 Å². The second-order valence-corrected chi connectivity index (χ2v) is 4.38. The molecule has 2 rings (SSSR count). The first-order chi connectivity index (χ1) is 10.0. The first-order valence-electron chi connectivity index (χ1n) is 6.15. The number of aromatic hydroxyl groups is 1. The fourth-order valence-electron chi connectivity index (χ4n) is 1.82. The molecule has 7 nitrogen and oxygen atoms in total. The van der Waals surface area contributed by atoms with Gasteiger partial charge in [0.2, 0.25) is 5.75 Å². The van der Waals surface area contributed by atoms with Gasteiger partial charge < -0.3 is 10.4 Å². The van der Waals surface area contributed by atoms with E-state index in [2.05, 4.69) is 10.3 Å². The smallest absolute Gasteiger partial charge is 0.311 e. The van der Waals surface area contributed by atoms with Gasteiger partial charge in [-0.05, 0) is 24.6 Å². The number of carbonyl (C=O) groups excluding carboxylic acids is 1. The Labute approximate surface area is 120 Å². The van der Waals surface area contributed by atoms with Gasteiger partial charge in [-0.1, -0.05) is 12.1 Å². The Morgan fingerprint density at radius 1 is 1.38 bits per heavy atom. The number of nitrogens with zero attached hydrogens (tertiary/aromatic N) is 2. The molecule has 0 atom stereocenters. The summed E-state index contributed by atoms with van der Waals surface area (Å²) in [5, 5.41) is 23.1. The monoisotopic (exact) mass is 287 g/mol. The van der Waals surface area contributed by atoms with Crippen molar-refractivity contribution in [1.82, 2.24) is 10.3 Å². The quantitative estimate of drug-likeness (QED) is 0.660. The number of amides is 1. The number of pyridine rings is 1. The maximum atomic E-state index is 12.0. The summed E-state index contributed by atoms with van der Waals surface area (Å²) < 4.78 is 0. The number of aromatic nitrogens is 1. The third kappa shape index (κ3) is 3.14. The van der Waals surface area contributed by atoms with Gasteiger partial charge in [-0.15, -0.1) is 0 Å². The summed E-state index contributed by atoms with van der Waals surface area (Å²) in [6, 6.07) is 7.45. The van der Waals surface area contributed by atoms with E-state index in [-0.39, 0.29) is 12.1 Å². The van der Waals surface area contributed by atoms with Gasteiger partial charge in [0.1, 0.15) is 0 Å². The highest BCUT2D eigenvalue weighted by Gasteiger charge is 2.20. The first kappa shape index (κ1) is 14.4. The van der Waals surface area contributed by atoms with Crippen molar-refractivity contribution < 1.29 is 14.8 Å². The molecule has 2 aromatic rings.